The lowest BCUT2D eigenvalue weighted by molar-refractivity contribution is -0.133. The van der Waals surface area contributed by atoms with Crippen molar-refractivity contribution in [1.29, 1.82) is 5.41 Å². The minimum absolute atomic E-state index is 0.0561. The van der Waals surface area contributed by atoms with E-state index in [1.807, 2.05) is 0 Å². The zero-order valence-corrected chi connectivity index (χ0v) is 16.7. The minimum atomic E-state index is -1.41. The van der Waals surface area contributed by atoms with Crippen molar-refractivity contribution in [3.8, 4) is 0 Å². The third-order valence-corrected chi connectivity index (χ3v) is 4.97. The number of carbonyl (C=O) groups is 1. The number of ether oxygens (including phenoxy) is 2. The molecule has 2 aromatic carbocycles. The molecule has 4 N–H and O–H groups in total. The van der Waals surface area contributed by atoms with E-state index < -0.39 is 29.2 Å². The Bertz CT molecular complexity index is 889. The minimum Gasteiger partial charge on any atom is -0.384 e. The van der Waals surface area contributed by atoms with Gasteiger partial charge >= 0.3 is 0 Å². The topological polar surface area (TPSA) is 97.4 Å². The molecule has 1 fully saturated rings. The summed E-state index contributed by atoms with van der Waals surface area (Å²) in [6.07, 6.45) is -0.200. The summed E-state index contributed by atoms with van der Waals surface area (Å²) >= 11 is 0. The summed E-state index contributed by atoms with van der Waals surface area (Å²) in [5.74, 6) is -2.37. The van der Waals surface area contributed by atoms with E-state index in [2.05, 4.69) is 5.32 Å². The highest BCUT2D eigenvalue weighted by Gasteiger charge is 2.30. The maximum atomic E-state index is 14.8. The number of hydrogen-bond donors (Lipinski definition) is 3. The Labute approximate surface area is 173 Å². The average Bonchev–Trinajstić information content (AvgIpc) is 3.26. The second-order valence-corrected chi connectivity index (χ2v) is 7.06. The number of hydrogen-bond acceptors (Lipinski definition) is 4. The second-order valence-electron chi connectivity index (χ2n) is 7.06. The molecule has 1 aliphatic rings. The largest absolute Gasteiger partial charge is 0.384 e. The van der Waals surface area contributed by atoms with Gasteiger partial charge in [0.25, 0.3) is 5.91 Å². The number of halogens is 2. The number of nitrogens with two attached hydrogens (primary N) is 1. The highest BCUT2D eigenvalue weighted by molar-refractivity contribution is 5.94. The van der Waals surface area contributed by atoms with Crippen LogP contribution in [0.15, 0.2) is 36.4 Å². The summed E-state index contributed by atoms with van der Waals surface area (Å²) in [7, 11) is 0. The van der Waals surface area contributed by atoms with Gasteiger partial charge < -0.3 is 20.5 Å². The number of nitrogens with one attached hydrogen (secondary N) is 2. The molecule has 8 heteroatoms. The molecule has 0 aromatic heterocycles. The fourth-order valence-corrected chi connectivity index (χ4v) is 3.42. The summed E-state index contributed by atoms with van der Waals surface area (Å²) in [5.41, 5.74) is 6.74. The van der Waals surface area contributed by atoms with E-state index >= 15 is 0 Å². The van der Waals surface area contributed by atoms with Crippen molar-refractivity contribution >= 4 is 11.7 Å². The van der Waals surface area contributed by atoms with E-state index in [1.165, 1.54) is 12.1 Å². The predicted molar refractivity (Wildman–Crippen MR) is 108 cm³/mol. The van der Waals surface area contributed by atoms with E-state index in [-0.39, 0.29) is 25.1 Å². The maximum absolute atomic E-state index is 14.8. The first-order valence-electron chi connectivity index (χ1n) is 9.83. The van der Waals surface area contributed by atoms with Crippen molar-refractivity contribution in [1.82, 2.24) is 5.32 Å². The van der Waals surface area contributed by atoms with Crippen molar-refractivity contribution in [2.75, 3.05) is 13.2 Å². The van der Waals surface area contributed by atoms with Crippen LogP contribution in [0.5, 0.6) is 0 Å². The van der Waals surface area contributed by atoms with Crippen molar-refractivity contribution < 1.29 is 23.0 Å². The second kappa shape index (κ2) is 9.77. The molecule has 0 aliphatic carbocycles. The molecule has 160 valence electrons. The Hall–Kier alpha value is -2.84. The molecule has 2 unspecified atom stereocenters. The summed E-state index contributed by atoms with van der Waals surface area (Å²) in [4.78, 5) is 12.7. The molecule has 0 bridgehead atoms. The van der Waals surface area contributed by atoms with Gasteiger partial charge in [-0.3, -0.25) is 10.2 Å². The lowest BCUT2D eigenvalue weighted by Gasteiger charge is -2.20. The van der Waals surface area contributed by atoms with Crippen LogP contribution in [-0.4, -0.2) is 25.0 Å². The van der Waals surface area contributed by atoms with E-state index in [0.29, 0.717) is 24.2 Å². The van der Waals surface area contributed by atoms with Crippen molar-refractivity contribution in [2.45, 2.75) is 38.5 Å². The van der Waals surface area contributed by atoms with Crippen LogP contribution in [0.25, 0.3) is 0 Å². The molecule has 0 radical (unpaired) electrons. The SMILES string of the molecule is CCOC(C(=O)NCc1ccc(C(=N)N)cc1)c1c(F)cc(C2CCCO2)cc1F. The van der Waals surface area contributed by atoms with Gasteiger partial charge in [-0.1, -0.05) is 24.3 Å². The third-order valence-electron chi connectivity index (χ3n) is 4.97. The van der Waals surface area contributed by atoms with Crippen LogP contribution in [-0.2, 0) is 20.8 Å². The molecule has 1 heterocycles. The number of carbonyl (C=O) groups excluding carboxylic acids is 1. The predicted octanol–water partition coefficient (Wildman–Crippen LogP) is 3.49. The Morgan fingerprint density at radius 3 is 2.50 bits per heavy atom. The molecule has 1 amide bonds. The number of nitrogen functional groups attached to an aromatic ring is 1. The molecule has 2 aromatic rings. The van der Waals surface area contributed by atoms with Crippen LogP contribution in [0.4, 0.5) is 8.78 Å². The standard InChI is InChI=1S/C22H25F2N3O3/c1-2-29-20(22(28)27-12-13-5-7-14(8-6-13)21(25)26)19-16(23)10-15(11-17(19)24)18-4-3-9-30-18/h5-8,10-11,18,20H,2-4,9,12H2,1H3,(H3,25,26)(H,27,28). The first kappa shape index (κ1) is 21.9. The molecular formula is C22H25F2N3O3. The highest BCUT2D eigenvalue weighted by atomic mass is 19.1. The van der Waals surface area contributed by atoms with Crippen LogP contribution in [0, 0.1) is 17.0 Å². The van der Waals surface area contributed by atoms with Gasteiger partial charge in [-0.2, -0.15) is 0 Å². The molecular weight excluding hydrogens is 392 g/mol. The van der Waals surface area contributed by atoms with Gasteiger partial charge in [-0.25, -0.2) is 8.78 Å². The summed E-state index contributed by atoms with van der Waals surface area (Å²) in [6.45, 7) is 2.46. The van der Waals surface area contributed by atoms with Crippen molar-refractivity contribution in [2.24, 2.45) is 5.73 Å². The number of rotatable bonds is 8. The number of benzene rings is 2. The maximum Gasteiger partial charge on any atom is 0.254 e. The first-order chi connectivity index (χ1) is 14.4. The molecule has 2 atom stereocenters. The van der Waals surface area contributed by atoms with Crippen molar-refractivity contribution in [3.63, 3.8) is 0 Å². The van der Waals surface area contributed by atoms with Crippen LogP contribution in [0.1, 0.15) is 54.2 Å². The van der Waals surface area contributed by atoms with Gasteiger partial charge in [0.1, 0.15) is 17.5 Å². The molecule has 3 rings (SSSR count). The quantitative estimate of drug-likeness (QED) is 0.452. The molecule has 1 saturated heterocycles. The van der Waals surface area contributed by atoms with Crippen LogP contribution in [0.3, 0.4) is 0 Å². The Balaban J connectivity index is 1.75. The lowest BCUT2D eigenvalue weighted by Crippen LogP contribution is -2.31. The van der Waals surface area contributed by atoms with Crippen molar-refractivity contribution in [3.05, 3.63) is 70.3 Å². The summed E-state index contributed by atoms with van der Waals surface area (Å²) in [6, 6.07) is 9.18. The van der Waals surface area contributed by atoms with Crippen LogP contribution in [0.2, 0.25) is 0 Å². The Kier molecular flexibility index (Phi) is 7.12. The van der Waals surface area contributed by atoms with Gasteiger partial charge in [-0.05, 0) is 43.0 Å². The number of amides is 1. The highest BCUT2D eigenvalue weighted by Crippen LogP contribution is 2.33. The molecule has 30 heavy (non-hydrogen) atoms. The van der Waals surface area contributed by atoms with E-state index in [1.54, 1.807) is 31.2 Å². The monoisotopic (exact) mass is 417 g/mol. The van der Waals surface area contributed by atoms with E-state index in [4.69, 9.17) is 20.6 Å². The van der Waals surface area contributed by atoms with Gasteiger partial charge in [0, 0.05) is 25.3 Å². The zero-order valence-electron chi connectivity index (χ0n) is 16.7. The Morgan fingerprint density at radius 1 is 1.30 bits per heavy atom. The van der Waals surface area contributed by atoms with E-state index in [9.17, 15) is 13.6 Å². The first-order valence-corrected chi connectivity index (χ1v) is 9.83. The molecule has 6 nitrogen and oxygen atoms in total. The average molecular weight is 417 g/mol. The Morgan fingerprint density at radius 2 is 1.97 bits per heavy atom. The van der Waals surface area contributed by atoms with Crippen LogP contribution < -0.4 is 11.1 Å². The fraction of sp³-hybridized carbons (Fsp3) is 0.364. The van der Waals surface area contributed by atoms with E-state index in [0.717, 1.165) is 12.0 Å². The van der Waals surface area contributed by atoms with Gasteiger partial charge in [0.15, 0.2) is 6.10 Å². The smallest absolute Gasteiger partial charge is 0.254 e. The van der Waals surface area contributed by atoms with Gasteiger partial charge in [-0.15, -0.1) is 0 Å². The molecule has 0 saturated carbocycles. The summed E-state index contributed by atoms with van der Waals surface area (Å²) < 4.78 is 40.5. The zero-order chi connectivity index (χ0) is 21.7. The van der Waals surface area contributed by atoms with Gasteiger partial charge in [0.2, 0.25) is 0 Å². The van der Waals surface area contributed by atoms with Gasteiger partial charge in [0.05, 0.1) is 11.7 Å². The normalized spacial score (nSPS) is 17.0. The molecule has 1 aliphatic heterocycles. The summed E-state index contributed by atoms with van der Waals surface area (Å²) in [5, 5.41) is 10.0. The lowest BCUT2D eigenvalue weighted by atomic mass is 10.00. The fourth-order valence-electron chi connectivity index (χ4n) is 3.42. The third kappa shape index (κ3) is 5.01. The number of amidine groups is 1. The van der Waals surface area contributed by atoms with Crippen LogP contribution >= 0.6 is 0 Å². The molecule has 0 spiro atoms.